The lowest BCUT2D eigenvalue weighted by molar-refractivity contribution is -0.119. The lowest BCUT2D eigenvalue weighted by atomic mass is 10.1. The molecule has 0 aliphatic carbocycles. The summed E-state index contributed by atoms with van der Waals surface area (Å²) >= 11 is 1.26. The highest BCUT2D eigenvalue weighted by Crippen LogP contribution is 2.37. The van der Waals surface area contributed by atoms with Crippen molar-refractivity contribution >= 4 is 41.0 Å². The van der Waals surface area contributed by atoms with Gasteiger partial charge in [-0.05, 0) is 48.2 Å². The number of nitrogens with one attached hydrogen (secondary N) is 1. The number of benzene rings is 2. The van der Waals surface area contributed by atoms with Gasteiger partial charge in [0.2, 0.25) is 5.91 Å². The molecule has 0 radical (unpaired) electrons. The Hall–Kier alpha value is -2.13. The lowest BCUT2D eigenvalue weighted by Crippen LogP contribution is -2.44. The molecule has 1 saturated heterocycles. The summed E-state index contributed by atoms with van der Waals surface area (Å²) in [6.07, 6.45) is 0. The zero-order valence-corrected chi connectivity index (χ0v) is 15.5. The average molecular weight is 412 g/mol. The van der Waals surface area contributed by atoms with Gasteiger partial charge in [-0.3, -0.25) is 9.59 Å². The molecule has 27 heavy (non-hydrogen) atoms. The summed E-state index contributed by atoms with van der Waals surface area (Å²) in [6.45, 7) is 0. The van der Waals surface area contributed by atoms with E-state index in [-0.39, 0.29) is 28.5 Å². The van der Waals surface area contributed by atoms with Crippen LogP contribution in [0.2, 0.25) is 0 Å². The van der Waals surface area contributed by atoms with Gasteiger partial charge < -0.3 is 10.2 Å². The molecule has 142 valence electrons. The second kappa shape index (κ2) is 8.26. The molecule has 0 aromatic heterocycles. The first kappa shape index (κ1) is 19.6. The minimum Gasteiger partial charge on any atom is -0.324 e. The fourth-order valence-electron chi connectivity index (χ4n) is 2.57. The smallest absolute Gasteiger partial charge is 0.324 e. The summed E-state index contributed by atoms with van der Waals surface area (Å²) in [6, 6.07) is 13.5. The van der Waals surface area contributed by atoms with Crippen molar-refractivity contribution in [3.8, 4) is 0 Å². The van der Waals surface area contributed by atoms with Crippen LogP contribution in [0.4, 0.5) is 18.9 Å². The van der Waals surface area contributed by atoms with Gasteiger partial charge in [-0.1, -0.05) is 18.2 Å². The molecule has 0 bridgehead atoms. The van der Waals surface area contributed by atoms with Gasteiger partial charge >= 0.3 is 5.51 Å². The fourth-order valence-corrected chi connectivity index (χ4v) is 4.27. The SMILES string of the molecule is O=C(Nc1ccc(SC(F)(F)F)cc1)[C@H]1CSCN1C(=O)c1ccccc1. The molecule has 2 amide bonds. The van der Waals surface area contributed by atoms with Gasteiger partial charge in [0.15, 0.2) is 0 Å². The predicted molar refractivity (Wildman–Crippen MR) is 101 cm³/mol. The Labute approximate surface area is 162 Å². The number of anilines is 1. The number of carbonyl (C=O) groups excluding carboxylic acids is 2. The summed E-state index contributed by atoms with van der Waals surface area (Å²) < 4.78 is 37.1. The summed E-state index contributed by atoms with van der Waals surface area (Å²) in [5.74, 6) is 0.289. The van der Waals surface area contributed by atoms with E-state index in [4.69, 9.17) is 0 Å². The first-order valence-electron chi connectivity index (χ1n) is 7.94. The summed E-state index contributed by atoms with van der Waals surface area (Å²) in [7, 11) is 0. The van der Waals surface area contributed by atoms with Gasteiger partial charge in [0.25, 0.3) is 5.91 Å². The maximum Gasteiger partial charge on any atom is 0.446 e. The van der Waals surface area contributed by atoms with Crippen LogP contribution in [0.25, 0.3) is 0 Å². The van der Waals surface area contributed by atoms with E-state index in [2.05, 4.69) is 5.32 Å². The molecule has 2 aromatic carbocycles. The molecule has 2 aromatic rings. The van der Waals surface area contributed by atoms with E-state index in [1.54, 1.807) is 30.3 Å². The molecule has 0 unspecified atom stereocenters. The van der Waals surface area contributed by atoms with Crippen molar-refractivity contribution in [2.75, 3.05) is 16.9 Å². The monoisotopic (exact) mass is 412 g/mol. The Kier molecular flexibility index (Phi) is 6.01. The van der Waals surface area contributed by atoms with E-state index in [0.29, 0.717) is 22.9 Å². The molecule has 3 rings (SSSR count). The molecular formula is C18H15F3N2O2S2. The van der Waals surface area contributed by atoms with Crippen molar-refractivity contribution in [2.45, 2.75) is 16.4 Å². The number of halogens is 3. The summed E-state index contributed by atoms with van der Waals surface area (Å²) in [5.41, 5.74) is -3.47. The van der Waals surface area contributed by atoms with Crippen LogP contribution < -0.4 is 5.32 Å². The standard InChI is InChI=1S/C18H15F3N2O2S2/c19-18(20,21)27-14-8-6-13(7-9-14)22-16(24)15-10-26-11-23(15)17(25)12-4-2-1-3-5-12/h1-9,15H,10-11H2,(H,22,24)/t15-/m1/s1. The minimum atomic E-state index is -4.36. The summed E-state index contributed by atoms with van der Waals surface area (Å²) in [4.78, 5) is 26.7. The highest BCUT2D eigenvalue weighted by atomic mass is 32.2. The Morgan fingerprint density at radius 1 is 1.07 bits per heavy atom. The molecule has 0 spiro atoms. The highest BCUT2D eigenvalue weighted by Gasteiger charge is 2.35. The van der Waals surface area contributed by atoms with E-state index in [0.717, 1.165) is 0 Å². The molecule has 9 heteroatoms. The third kappa shape index (κ3) is 5.20. The van der Waals surface area contributed by atoms with Gasteiger partial charge in [-0.15, -0.1) is 11.8 Å². The van der Waals surface area contributed by atoms with Crippen molar-refractivity contribution in [3.63, 3.8) is 0 Å². The number of nitrogens with zero attached hydrogens (tertiary/aromatic N) is 1. The van der Waals surface area contributed by atoms with Crippen LogP contribution in [0.3, 0.4) is 0 Å². The van der Waals surface area contributed by atoms with Crippen molar-refractivity contribution in [1.82, 2.24) is 4.90 Å². The van der Waals surface area contributed by atoms with Gasteiger partial charge in [-0.25, -0.2) is 0 Å². The largest absolute Gasteiger partial charge is 0.446 e. The number of rotatable bonds is 4. The van der Waals surface area contributed by atoms with Crippen LogP contribution in [0.5, 0.6) is 0 Å². The normalized spacial score (nSPS) is 17.0. The predicted octanol–water partition coefficient (Wildman–Crippen LogP) is 4.45. The Balaban J connectivity index is 1.65. The van der Waals surface area contributed by atoms with Crippen molar-refractivity contribution in [2.24, 2.45) is 0 Å². The van der Waals surface area contributed by atoms with Crippen molar-refractivity contribution in [3.05, 3.63) is 60.2 Å². The van der Waals surface area contributed by atoms with E-state index < -0.39 is 11.6 Å². The van der Waals surface area contributed by atoms with Crippen molar-refractivity contribution in [1.29, 1.82) is 0 Å². The molecule has 1 aliphatic rings. The summed E-state index contributed by atoms with van der Waals surface area (Å²) in [5, 5.41) is 2.67. The van der Waals surface area contributed by atoms with E-state index in [1.165, 1.54) is 40.9 Å². The minimum absolute atomic E-state index is 0.0396. The second-order valence-corrected chi connectivity index (χ2v) is 7.86. The Morgan fingerprint density at radius 3 is 2.37 bits per heavy atom. The van der Waals surface area contributed by atoms with Crippen LogP contribution in [-0.2, 0) is 4.79 Å². The molecule has 4 nitrogen and oxygen atoms in total. The Bertz CT molecular complexity index is 814. The fraction of sp³-hybridized carbons (Fsp3) is 0.222. The van der Waals surface area contributed by atoms with Crippen LogP contribution in [0.15, 0.2) is 59.5 Å². The quantitative estimate of drug-likeness (QED) is 0.754. The van der Waals surface area contributed by atoms with Crippen LogP contribution in [-0.4, -0.2) is 39.9 Å². The molecule has 1 atom stereocenters. The average Bonchev–Trinajstić information content (AvgIpc) is 3.12. The van der Waals surface area contributed by atoms with Gasteiger partial charge in [0, 0.05) is 21.9 Å². The van der Waals surface area contributed by atoms with Gasteiger partial charge in [0.1, 0.15) is 6.04 Å². The topological polar surface area (TPSA) is 49.4 Å². The van der Waals surface area contributed by atoms with Crippen LogP contribution in [0.1, 0.15) is 10.4 Å². The van der Waals surface area contributed by atoms with E-state index in [1.807, 2.05) is 0 Å². The number of hydrogen-bond acceptors (Lipinski definition) is 4. The van der Waals surface area contributed by atoms with E-state index >= 15 is 0 Å². The number of amides is 2. The first-order valence-corrected chi connectivity index (χ1v) is 9.91. The molecular weight excluding hydrogens is 397 g/mol. The molecule has 1 N–H and O–H groups in total. The van der Waals surface area contributed by atoms with Gasteiger partial charge in [0.05, 0.1) is 5.88 Å². The maximum atomic E-state index is 12.6. The third-order valence-electron chi connectivity index (χ3n) is 3.82. The van der Waals surface area contributed by atoms with Gasteiger partial charge in [-0.2, -0.15) is 13.2 Å². The second-order valence-electron chi connectivity index (χ2n) is 5.72. The molecule has 0 saturated carbocycles. The number of carbonyl (C=O) groups is 2. The lowest BCUT2D eigenvalue weighted by Gasteiger charge is -2.23. The zero-order chi connectivity index (χ0) is 19.4. The first-order chi connectivity index (χ1) is 12.8. The number of thioether (sulfide) groups is 2. The molecule has 1 fully saturated rings. The van der Waals surface area contributed by atoms with E-state index in [9.17, 15) is 22.8 Å². The maximum absolute atomic E-state index is 12.6. The zero-order valence-electron chi connectivity index (χ0n) is 13.9. The third-order valence-corrected chi connectivity index (χ3v) is 5.57. The Morgan fingerprint density at radius 2 is 1.74 bits per heavy atom. The number of alkyl halides is 3. The van der Waals surface area contributed by atoms with Crippen LogP contribution >= 0.6 is 23.5 Å². The molecule has 1 heterocycles. The number of hydrogen-bond donors (Lipinski definition) is 1. The molecule has 1 aliphatic heterocycles. The van der Waals surface area contributed by atoms with Crippen LogP contribution in [0, 0.1) is 0 Å². The van der Waals surface area contributed by atoms with Crippen molar-refractivity contribution < 1.29 is 22.8 Å². The highest BCUT2D eigenvalue weighted by molar-refractivity contribution is 8.00.